The predicted octanol–water partition coefficient (Wildman–Crippen LogP) is 16.8. The van der Waals surface area contributed by atoms with Gasteiger partial charge >= 0.3 is 0 Å². The first-order valence-corrected chi connectivity index (χ1v) is 26.7. The fourth-order valence-electron chi connectivity index (χ4n) is 13.8. The van der Waals surface area contributed by atoms with Gasteiger partial charge in [0.25, 0.3) is 6.71 Å². The molecule has 0 fully saturated rings. The van der Waals surface area contributed by atoms with Gasteiger partial charge in [0.15, 0.2) is 0 Å². The second kappa shape index (κ2) is 14.8. The molecule has 0 saturated carbocycles. The summed E-state index contributed by atoms with van der Waals surface area (Å²) in [6, 6.07) is 26.8. The number of nitrogens with zero attached hydrogens (tertiary/aromatic N) is 2. The zero-order valence-electron chi connectivity index (χ0n) is 50.6. The molecule has 0 N–H and O–H groups in total. The van der Waals surface area contributed by atoms with E-state index in [4.69, 9.17) is 8.53 Å². The first-order chi connectivity index (χ1) is 35.3. The number of hydrogen-bond acceptors (Lipinski definition) is 3. The first kappa shape index (κ1) is 41.0. The van der Waals surface area contributed by atoms with E-state index < -0.39 is 6.04 Å². The molecule has 3 heterocycles. The molecular weight excluding hydrogens is 860 g/mol. The molecule has 5 aliphatic rings. The van der Waals surface area contributed by atoms with Crippen LogP contribution in [0.4, 0.5) is 34.1 Å². The Kier molecular flexibility index (Phi) is 8.57. The van der Waals surface area contributed by atoms with E-state index >= 15 is 0 Å². The third kappa shape index (κ3) is 6.88. The molecule has 4 heteroatoms. The van der Waals surface area contributed by atoms with Gasteiger partial charge in [-0.2, -0.15) is 0 Å². The number of aryl methyl sites for hydroxylation is 1. The van der Waals surface area contributed by atoms with Crippen LogP contribution in [0, 0.1) is 6.92 Å². The molecule has 12 rings (SSSR count). The second-order valence-electron chi connectivity index (χ2n) is 27.5. The largest absolute Gasteiger partial charge is 0.468 e. The SMILES string of the molecule is [2H]c1c([2H])c([2H])c(-c2cc(C(C)(C)C)ccc2N2c3cc4c(cc3B3c5oc6cc7c(cc6c5N(c5ccc6c(c5)C(C)(C)CCC6(C)C)c5cc(C)cc2c53)C(C)(C)CCC7(C)C)C(C)(C)CCC4(C)C)c([2H])c1[2H]. The number of furan rings is 1. The molecule has 1 aromatic heterocycles. The average molecular weight is 942 g/mol. The van der Waals surface area contributed by atoms with Crippen molar-refractivity contribution in [2.75, 3.05) is 9.80 Å². The van der Waals surface area contributed by atoms with Crippen molar-refractivity contribution in [1.82, 2.24) is 0 Å². The van der Waals surface area contributed by atoms with Gasteiger partial charge in [0.05, 0.1) is 23.9 Å². The second-order valence-corrected chi connectivity index (χ2v) is 27.5. The van der Waals surface area contributed by atoms with Gasteiger partial charge in [0.2, 0.25) is 0 Å². The maximum absolute atomic E-state index is 9.53. The van der Waals surface area contributed by atoms with E-state index in [2.05, 4.69) is 193 Å². The van der Waals surface area contributed by atoms with Gasteiger partial charge in [-0.25, -0.2) is 0 Å². The van der Waals surface area contributed by atoms with Crippen molar-refractivity contribution in [3.8, 4) is 11.1 Å². The molecule has 0 saturated heterocycles. The minimum atomic E-state index is -0.397. The van der Waals surface area contributed by atoms with E-state index in [1.54, 1.807) is 0 Å². The Morgan fingerprint density at radius 3 is 1.63 bits per heavy atom. The van der Waals surface area contributed by atoms with Crippen molar-refractivity contribution >= 4 is 68.4 Å². The van der Waals surface area contributed by atoms with Crippen LogP contribution >= 0.6 is 0 Å². The van der Waals surface area contributed by atoms with Gasteiger partial charge in [-0.1, -0.05) is 152 Å². The smallest absolute Gasteiger partial charge is 0.297 e. The summed E-state index contributed by atoms with van der Waals surface area (Å²) in [4.78, 5) is 4.94. The first-order valence-electron chi connectivity index (χ1n) is 29.2. The van der Waals surface area contributed by atoms with Crippen LogP contribution in [-0.2, 0) is 37.9 Å². The Bertz CT molecular complexity index is 3670. The van der Waals surface area contributed by atoms with Gasteiger partial charge in [0, 0.05) is 33.7 Å². The molecule has 0 atom stereocenters. The Balaban J connectivity index is 1.25. The molecule has 7 aromatic rings. The molecule has 0 radical (unpaired) electrons. The summed E-state index contributed by atoms with van der Waals surface area (Å²) in [6.45, 7) is 37.2. The summed E-state index contributed by atoms with van der Waals surface area (Å²) >= 11 is 0. The average Bonchev–Trinajstić information content (AvgIpc) is 3.94. The highest BCUT2D eigenvalue weighted by Crippen LogP contribution is 2.56. The van der Waals surface area contributed by atoms with Gasteiger partial charge in [-0.3, -0.25) is 0 Å². The maximum Gasteiger partial charge on any atom is 0.297 e. The molecule has 0 spiro atoms. The lowest BCUT2D eigenvalue weighted by molar-refractivity contribution is 0.332. The van der Waals surface area contributed by atoms with Crippen molar-refractivity contribution in [1.29, 1.82) is 0 Å². The molecule has 0 amide bonds. The standard InChI is InChI=1S/C67H77BN2O/c1-40-32-55-58-56(33-40)70(53-25-22-42(61(2,3)4)34-44(53)41-20-18-17-19-21-41)54-38-50-49(65(11,12)29-30-66(50,13)14)37-52(54)68(58)60-59(45-36-48-51(39-57(45)71-60)67(15,16)31-28-64(48,9)10)69(55)43-23-24-46-47(35-43)63(7,8)27-26-62(46,5)6/h17-25,32-39H,26-31H2,1-16H3/i17D,18D,19D,20D,21D. The molecule has 0 bridgehead atoms. The number of fused-ring (bicyclic) bond motifs is 9. The van der Waals surface area contributed by atoms with Crippen LogP contribution in [-0.4, -0.2) is 6.71 Å². The minimum absolute atomic E-state index is 0.0218. The normalized spacial score (nSPS) is 21.4. The van der Waals surface area contributed by atoms with Crippen molar-refractivity contribution in [3.05, 3.63) is 148 Å². The molecule has 3 nitrogen and oxygen atoms in total. The molecule has 6 aromatic carbocycles. The highest BCUT2D eigenvalue weighted by molar-refractivity contribution is 7.00. The summed E-state index contributed by atoms with van der Waals surface area (Å²) in [5, 5.41) is 1.13. The monoisotopic (exact) mass is 942 g/mol. The fraction of sp³-hybridized carbons (Fsp3) is 0.433. The van der Waals surface area contributed by atoms with Gasteiger partial charge < -0.3 is 14.2 Å². The van der Waals surface area contributed by atoms with Gasteiger partial charge in [0.1, 0.15) is 5.58 Å². The van der Waals surface area contributed by atoms with Crippen molar-refractivity contribution in [2.24, 2.45) is 0 Å². The zero-order chi connectivity index (χ0) is 54.7. The summed E-state index contributed by atoms with van der Waals surface area (Å²) in [7, 11) is 0. The number of hydrogen-bond donors (Lipinski definition) is 0. The maximum atomic E-state index is 9.53. The molecule has 0 unspecified atom stereocenters. The molecular formula is C67H77BN2O. The molecule has 364 valence electrons. The van der Waals surface area contributed by atoms with Crippen molar-refractivity contribution in [3.63, 3.8) is 0 Å². The van der Waals surface area contributed by atoms with Crippen LogP contribution in [0.2, 0.25) is 0 Å². The van der Waals surface area contributed by atoms with Crippen molar-refractivity contribution in [2.45, 2.75) is 187 Å². The molecule has 3 aliphatic carbocycles. The fourth-order valence-corrected chi connectivity index (χ4v) is 13.8. The number of rotatable bonds is 3. The number of anilines is 6. The Hall–Kier alpha value is -5.48. The third-order valence-corrected chi connectivity index (χ3v) is 18.7. The number of benzene rings is 6. The van der Waals surface area contributed by atoms with Gasteiger partial charge in [-0.05, 0) is 199 Å². The van der Waals surface area contributed by atoms with E-state index in [1.807, 2.05) is 0 Å². The van der Waals surface area contributed by atoms with E-state index in [-0.39, 0.29) is 74.4 Å². The van der Waals surface area contributed by atoms with E-state index in [0.29, 0.717) is 5.56 Å². The minimum Gasteiger partial charge on any atom is -0.468 e. The van der Waals surface area contributed by atoms with Crippen LogP contribution in [0.5, 0.6) is 0 Å². The molecule has 71 heavy (non-hydrogen) atoms. The quantitative estimate of drug-likeness (QED) is 0.165. The topological polar surface area (TPSA) is 19.6 Å². The van der Waals surface area contributed by atoms with Crippen LogP contribution < -0.4 is 26.4 Å². The van der Waals surface area contributed by atoms with E-state index in [1.165, 1.54) is 33.4 Å². The van der Waals surface area contributed by atoms with Crippen molar-refractivity contribution < 1.29 is 11.3 Å². The summed E-state index contributed by atoms with van der Waals surface area (Å²) in [5.41, 5.74) is 20.8. The van der Waals surface area contributed by atoms with Crippen LogP contribution in [0.3, 0.4) is 0 Å². The molecule has 2 aliphatic heterocycles. The summed E-state index contributed by atoms with van der Waals surface area (Å²) in [5.74, 6) is 0. The zero-order valence-corrected chi connectivity index (χ0v) is 45.6. The van der Waals surface area contributed by atoms with E-state index in [0.717, 1.165) is 111 Å². The van der Waals surface area contributed by atoms with Crippen LogP contribution in [0.25, 0.3) is 22.1 Å². The summed E-state index contributed by atoms with van der Waals surface area (Å²) < 4.78 is 53.5. The lowest BCUT2D eigenvalue weighted by atomic mass is 9.35. The Labute approximate surface area is 433 Å². The lowest BCUT2D eigenvalue weighted by Crippen LogP contribution is -2.61. The van der Waals surface area contributed by atoms with Crippen LogP contribution in [0.1, 0.15) is 194 Å². The lowest BCUT2D eigenvalue weighted by Gasteiger charge is -2.47. The Morgan fingerprint density at radius 1 is 0.521 bits per heavy atom. The highest BCUT2D eigenvalue weighted by Gasteiger charge is 2.50. The highest BCUT2D eigenvalue weighted by atomic mass is 16.3. The van der Waals surface area contributed by atoms with E-state index in [9.17, 15) is 2.74 Å². The summed E-state index contributed by atoms with van der Waals surface area (Å²) in [6.07, 6.45) is 6.53. The van der Waals surface area contributed by atoms with Crippen LogP contribution in [0.15, 0.2) is 107 Å². The third-order valence-electron chi connectivity index (χ3n) is 18.7. The Morgan fingerprint density at radius 2 is 1.04 bits per heavy atom. The van der Waals surface area contributed by atoms with Gasteiger partial charge in [-0.15, -0.1) is 0 Å². The predicted molar refractivity (Wildman–Crippen MR) is 305 cm³/mol.